The van der Waals surface area contributed by atoms with E-state index in [9.17, 15) is 9.59 Å². The standard InChI is InChI=1S/C11H20N2O4/c1-17-7-9(12)11(16)13-4-2-8(3-5-13)6-10(14)15/h8-9H,2-7,12H2,1H3,(H,14,15). The predicted molar refractivity (Wildman–Crippen MR) is 61.4 cm³/mol. The molecule has 3 N–H and O–H groups in total. The highest BCUT2D eigenvalue weighted by Crippen LogP contribution is 2.20. The first-order valence-electron chi connectivity index (χ1n) is 5.79. The summed E-state index contributed by atoms with van der Waals surface area (Å²) in [5.74, 6) is -0.707. The van der Waals surface area contributed by atoms with Crippen LogP contribution in [0.3, 0.4) is 0 Å². The normalized spacial score (nSPS) is 19.1. The van der Waals surface area contributed by atoms with Crippen LogP contribution in [0.25, 0.3) is 0 Å². The maximum Gasteiger partial charge on any atom is 0.303 e. The van der Waals surface area contributed by atoms with Gasteiger partial charge in [0.25, 0.3) is 0 Å². The van der Waals surface area contributed by atoms with E-state index in [1.807, 2.05) is 0 Å². The number of carboxylic acid groups (broad SMARTS) is 1. The number of methoxy groups -OCH3 is 1. The van der Waals surface area contributed by atoms with Gasteiger partial charge in [-0.2, -0.15) is 0 Å². The van der Waals surface area contributed by atoms with Crippen LogP contribution in [0.4, 0.5) is 0 Å². The Morgan fingerprint density at radius 2 is 2.06 bits per heavy atom. The summed E-state index contributed by atoms with van der Waals surface area (Å²) in [7, 11) is 1.51. The van der Waals surface area contributed by atoms with E-state index in [2.05, 4.69) is 0 Å². The molecule has 1 saturated heterocycles. The van der Waals surface area contributed by atoms with E-state index >= 15 is 0 Å². The first-order chi connectivity index (χ1) is 8.04. The zero-order valence-corrected chi connectivity index (χ0v) is 10.1. The average molecular weight is 244 g/mol. The lowest BCUT2D eigenvalue weighted by molar-refractivity contribution is -0.139. The van der Waals surface area contributed by atoms with E-state index in [1.54, 1.807) is 4.90 Å². The summed E-state index contributed by atoms with van der Waals surface area (Å²) >= 11 is 0. The minimum absolute atomic E-state index is 0.111. The van der Waals surface area contributed by atoms with Crippen molar-refractivity contribution in [2.45, 2.75) is 25.3 Å². The number of aliphatic carboxylic acids is 1. The first-order valence-corrected chi connectivity index (χ1v) is 5.79. The molecule has 1 amide bonds. The molecule has 0 saturated carbocycles. The van der Waals surface area contributed by atoms with Gasteiger partial charge in [0.1, 0.15) is 6.04 Å². The number of amides is 1. The largest absolute Gasteiger partial charge is 0.481 e. The monoisotopic (exact) mass is 244 g/mol. The van der Waals surface area contributed by atoms with Gasteiger partial charge in [-0.1, -0.05) is 0 Å². The topological polar surface area (TPSA) is 92.9 Å². The Balaban J connectivity index is 2.35. The lowest BCUT2D eigenvalue weighted by Gasteiger charge is -2.32. The van der Waals surface area contributed by atoms with Crippen LogP contribution >= 0.6 is 0 Å². The SMILES string of the molecule is COCC(N)C(=O)N1CCC(CC(=O)O)CC1. The Morgan fingerprint density at radius 3 is 2.53 bits per heavy atom. The van der Waals surface area contributed by atoms with E-state index in [1.165, 1.54) is 7.11 Å². The summed E-state index contributed by atoms with van der Waals surface area (Å²) in [6.07, 6.45) is 1.65. The van der Waals surface area contributed by atoms with Gasteiger partial charge in [0, 0.05) is 26.6 Å². The number of rotatable bonds is 5. The zero-order valence-electron chi connectivity index (χ0n) is 10.1. The maximum atomic E-state index is 11.8. The smallest absolute Gasteiger partial charge is 0.303 e. The summed E-state index contributed by atoms with van der Waals surface area (Å²) in [4.78, 5) is 24.1. The predicted octanol–water partition coefficient (Wildman–Crippen LogP) is -0.327. The molecule has 98 valence electrons. The molecule has 1 fully saturated rings. The molecule has 0 spiro atoms. The molecule has 1 rings (SSSR count). The van der Waals surface area contributed by atoms with Crippen molar-refractivity contribution in [1.29, 1.82) is 0 Å². The third kappa shape index (κ3) is 4.32. The molecule has 1 aliphatic heterocycles. The molecule has 0 aliphatic carbocycles. The van der Waals surface area contributed by atoms with E-state index < -0.39 is 12.0 Å². The molecule has 6 heteroatoms. The van der Waals surface area contributed by atoms with Gasteiger partial charge < -0.3 is 20.5 Å². The Hall–Kier alpha value is -1.14. The second kappa shape index (κ2) is 6.56. The number of piperidine rings is 1. The third-order valence-corrected chi connectivity index (χ3v) is 3.05. The molecule has 0 aromatic carbocycles. The van der Waals surface area contributed by atoms with Gasteiger partial charge in [0.05, 0.1) is 6.61 Å². The summed E-state index contributed by atoms with van der Waals surface area (Å²) in [6, 6.07) is -0.615. The van der Waals surface area contributed by atoms with Gasteiger partial charge in [-0.25, -0.2) is 0 Å². The highest BCUT2D eigenvalue weighted by Gasteiger charge is 2.27. The number of ether oxygens (including phenoxy) is 1. The van der Waals surface area contributed by atoms with Crippen molar-refractivity contribution in [3.63, 3.8) is 0 Å². The van der Waals surface area contributed by atoms with Crippen molar-refractivity contribution in [3.05, 3.63) is 0 Å². The van der Waals surface area contributed by atoms with Crippen LogP contribution in [0.5, 0.6) is 0 Å². The Bertz CT molecular complexity index is 275. The van der Waals surface area contributed by atoms with E-state index in [0.29, 0.717) is 13.1 Å². The zero-order chi connectivity index (χ0) is 12.8. The second-order valence-electron chi connectivity index (χ2n) is 4.43. The molecule has 1 atom stereocenters. The van der Waals surface area contributed by atoms with Crippen molar-refractivity contribution in [2.75, 3.05) is 26.8 Å². The fourth-order valence-electron chi connectivity index (χ4n) is 2.09. The molecule has 6 nitrogen and oxygen atoms in total. The molecule has 1 aliphatic rings. The number of carbonyl (C=O) groups is 2. The Morgan fingerprint density at radius 1 is 1.47 bits per heavy atom. The molecular formula is C11H20N2O4. The summed E-state index contributed by atoms with van der Waals surface area (Å²) < 4.78 is 4.84. The number of likely N-dealkylation sites (tertiary alicyclic amines) is 1. The number of carboxylic acids is 1. The van der Waals surface area contributed by atoms with Gasteiger partial charge in [-0.05, 0) is 18.8 Å². The lowest BCUT2D eigenvalue weighted by atomic mass is 9.93. The van der Waals surface area contributed by atoms with Gasteiger partial charge >= 0.3 is 5.97 Å². The summed E-state index contributed by atoms with van der Waals surface area (Å²) in [5.41, 5.74) is 5.66. The quantitative estimate of drug-likeness (QED) is 0.691. The molecule has 1 unspecified atom stereocenters. The van der Waals surface area contributed by atoms with Crippen LogP contribution < -0.4 is 5.73 Å². The minimum atomic E-state index is -0.772. The van der Waals surface area contributed by atoms with E-state index in [4.69, 9.17) is 15.6 Å². The number of hydrogen-bond donors (Lipinski definition) is 2. The third-order valence-electron chi connectivity index (χ3n) is 3.05. The van der Waals surface area contributed by atoms with Gasteiger partial charge in [0.2, 0.25) is 5.91 Å². The van der Waals surface area contributed by atoms with Crippen LogP contribution in [0.1, 0.15) is 19.3 Å². The molecule has 0 bridgehead atoms. The number of hydrogen-bond acceptors (Lipinski definition) is 4. The fraction of sp³-hybridized carbons (Fsp3) is 0.818. The highest BCUT2D eigenvalue weighted by molar-refractivity contribution is 5.81. The number of nitrogens with zero attached hydrogens (tertiary/aromatic N) is 1. The van der Waals surface area contributed by atoms with Crippen molar-refractivity contribution in [2.24, 2.45) is 11.7 Å². The van der Waals surface area contributed by atoms with Gasteiger partial charge in [0.15, 0.2) is 0 Å². The average Bonchev–Trinajstić information content (AvgIpc) is 2.28. The molecule has 17 heavy (non-hydrogen) atoms. The van der Waals surface area contributed by atoms with E-state index in [0.717, 1.165) is 12.8 Å². The molecule has 1 heterocycles. The second-order valence-corrected chi connectivity index (χ2v) is 4.43. The fourth-order valence-corrected chi connectivity index (χ4v) is 2.09. The molecule has 0 radical (unpaired) electrons. The molecule has 0 aromatic heterocycles. The first kappa shape index (κ1) is 13.9. The Labute approximate surface area is 101 Å². The van der Waals surface area contributed by atoms with Crippen LogP contribution in [0.15, 0.2) is 0 Å². The van der Waals surface area contributed by atoms with Crippen molar-refractivity contribution < 1.29 is 19.4 Å². The molecular weight excluding hydrogens is 224 g/mol. The Kier molecular flexibility index (Phi) is 5.37. The van der Waals surface area contributed by atoms with Crippen LogP contribution in [0, 0.1) is 5.92 Å². The van der Waals surface area contributed by atoms with Crippen LogP contribution in [0.2, 0.25) is 0 Å². The lowest BCUT2D eigenvalue weighted by Crippen LogP contribution is -2.49. The number of nitrogens with two attached hydrogens (primary N) is 1. The van der Waals surface area contributed by atoms with Gasteiger partial charge in [-0.3, -0.25) is 9.59 Å². The summed E-state index contributed by atoms with van der Waals surface area (Å²) in [6.45, 7) is 1.40. The van der Waals surface area contributed by atoms with Crippen LogP contribution in [-0.4, -0.2) is 54.7 Å². The minimum Gasteiger partial charge on any atom is -0.481 e. The number of carbonyl (C=O) groups excluding carboxylic acids is 1. The molecule has 0 aromatic rings. The van der Waals surface area contributed by atoms with Crippen molar-refractivity contribution >= 4 is 11.9 Å². The summed E-state index contributed by atoms with van der Waals surface area (Å²) in [5, 5.41) is 8.68. The van der Waals surface area contributed by atoms with E-state index in [-0.39, 0.29) is 24.9 Å². The van der Waals surface area contributed by atoms with Gasteiger partial charge in [-0.15, -0.1) is 0 Å². The van der Waals surface area contributed by atoms with Crippen molar-refractivity contribution in [1.82, 2.24) is 4.90 Å². The highest BCUT2D eigenvalue weighted by atomic mass is 16.5. The van der Waals surface area contributed by atoms with Crippen LogP contribution in [-0.2, 0) is 14.3 Å². The van der Waals surface area contributed by atoms with Crippen molar-refractivity contribution in [3.8, 4) is 0 Å². The maximum absolute atomic E-state index is 11.8.